The first-order valence-electron chi connectivity index (χ1n) is 11.1. The molecule has 0 unspecified atom stereocenters. The second-order valence-electron chi connectivity index (χ2n) is 8.39. The highest BCUT2D eigenvalue weighted by Gasteiger charge is 2.24. The highest BCUT2D eigenvalue weighted by atomic mass is 32.1. The maximum atomic E-state index is 13.4. The number of amides is 1. The van der Waals surface area contributed by atoms with Crippen molar-refractivity contribution >= 4 is 33.2 Å². The standard InChI is InChI=1S/C26H22N2O5S/c1-14-10-15(2)23-17(11-14)22(30)25(24(33-23)19-7-5-9-31-19)32-13-21(29)28-26-18(12-27)16-6-3-4-8-20(16)34-26/h5,7,9-11H,3-4,6,8,13H2,1-2H3,(H,28,29). The summed E-state index contributed by atoms with van der Waals surface area (Å²) in [6.45, 7) is 3.35. The summed E-state index contributed by atoms with van der Waals surface area (Å²) in [5, 5.41) is 13.3. The van der Waals surface area contributed by atoms with Gasteiger partial charge in [-0.3, -0.25) is 9.59 Å². The average Bonchev–Trinajstić information content (AvgIpc) is 3.46. The Morgan fingerprint density at radius 2 is 2.09 bits per heavy atom. The lowest BCUT2D eigenvalue weighted by molar-refractivity contribution is -0.118. The third-order valence-corrected chi connectivity index (χ3v) is 7.12. The predicted molar refractivity (Wildman–Crippen MR) is 129 cm³/mol. The number of nitriles is 1. The van der Waals surface area contributed by atoms with Gasteiger partial charge in [0, 0.05) is 4.88 Å². The number of nitrogens with zero attached hydrogens (tertiary/aromatic N) is 1. The molecule has 0 fully saturated rings. The largest absolute Gasteiger partial charge is 0.476 e. The summed E-state index contributed by atoms with van der Waals surface area (Å²) in [4.78, 5) is 27.3. The van der Waals surface area contributed by atoms with Crippen LogP contribution in [0.4, 0.5) is 5.00 Å². The van der Waals surface area contributed by atoms with Gasteiger partial charge in [0.25, 0.3) is 5.91 Å². The molecule has 0 atom stereocenters. The molecule has 4 aromatic rings. The van der Waals surface area contributed by atoms with Crippen LogP contribution < -0.4 is 15.5 Å². The summed E-state index contributed by atoms with van der Waals surface area (Å²) in [5.74, 6) is -0.0902. The molecule has 0 radical (unpaired) electrons. The van der Waals surface area contributed by atoms with Gasteiger partial charge in [0.1, 0.15) is 16.7 Å². The number of aryl methyl sites for hydroxylation is 3. The minimum Gasteiger partial charge on any atom is -0.476 e. The zero-order chi connectivity index (χ0) is 23.8. The number of hydrogen-bond donors (Lipinski definition) is 1. The van der Waals surface area contributed by atoms with Gasteiger partial charge < -0.3 is 18.9 Å². The maximum Gasteiger partial charge on any atom is 0.262 e. The molecule has 0 saturated heterocycles. The van der Waals surface area contributed by atoms with Crippen molar-refractivity contribution < 1.29 is 18.4 Å². The molecule has 34 heavy (non-hydrogen) atoms. The summed E-state index contributed by atoms with van der Waals surface area (Å²) in [5.41, 5.74) is 3.36. The lowest BCUT2D eigenvalue weighted by Gasteiger charge is -2.12. The van der Waals surface area contributed by atoms with Crippen molar-refractivity contribution in [1.29, 1.82) is 5.26 Å². The molecular weight excluding hydrogens is 452 g/mol. The third kappa shape index (κ3) is 3.88. The Hall–Kier alpha value is -3.83. The first kappa shape index (κ1) is 22.0. The van der Waals surface area contributed by atoms with E-state index in [9.17, 15) is 14.9 Å². The zero-order valence-corrected chi connectivity index (χ0v) is 19.6. The Morgan fingerprint density at radius 1 is 1.26 bits per heavy atom. The Labute approximate surface area is 199 Å². The number of thiophene rings is 1. The van der Waals surface area contributed by atoms with Crippen molar-refractivity contribution in [2.45, 2.75) is 39.5 Å². The first-order valence-corrected chi connectivity index (χ1v) is 11.9. The van der Waals surface area contributed by atoms with Crippen LogP contribution in [0, 0.1) is 25.2 Å². The van der Waals surface area contributed by atoms with Crippen LogP contribution in [0.3, 0.4) is 0 Å². The van der Waals surface area contributed by atoms with Gasteiger partial charge in [-0.1, -0.05) is 6.07 Å². The van der Waals surface area contributed by atoms with Gasteiger partial charge in [0.05, 0.1) is 17.2 Å². The van der Waals surface area contributed by atoms with Crippen molar-refractivity contribution in [3.8, 4) is 23.3 Å². The molecule has 1 N–H and O–H groups in total. The second-order valence-corrected chi connectivity index (χ2v) is 9.49. The fourth-order valence-electron chi connectivity index (χ4n) is 4.41. The quantitative estimate of drug-likeness (QED) is 0.409. The zero-order valence-electron chi connectivity index (χ0n) is 18.8. The lowest BCUT2D eigenvalue weighted by Crippen LogP contribution is -2.22. The van der Waals surface area contributed by atoms with Crippen LogP contribution in [0.2, 0.25) is 0 Å². The molecule has 172 valence electrons. The summed E-state index contributed by atoms with van der Waals surface area (Å²) < 4.78 is 17.2. The minimum atomic E-state index is -0.458. The van der Waals surface area contributed by atoms with E-state index < -0.39 is 12.5 Å². The van der Waals surface area contributed by atoms with Gasteiger partial charge in [0.15, 0.2) is 12.4 Å². The van der Waals surface area contributed by atoms with Crippen LogP contribution in [0.5, 0.6) is 5.75 Å². The Morgan fingerprint density at radius 3 is 2.85 bits per heavy atom. The van der Waals surface area contributed by atoms with Gasteiger partial charge in [-0.15, -0.1) is 11.3 Å². The number of carbonyl (C=O) groups is 1. The highest BCUT2D eigenvalue weighted by molar-refractivity contribution is 7.16. The summed E-state index contributed by atoms with van der Waals surface area (Å²) in [6.07, 6.45) is 5.37. The second kappa shape index (κ2) is 8.84. The summed E-state index contributed by atoms with van der Waals surface area (Å²) in [7, 11) is 0. The van der Waals surface area contributed by atoms with Gasteiger partial charge in [0.2, 0.25) is 16.9 Å². The van der Waals surface area contributed by atoms with Crippen molar-refractivity contribution in [2.24, 2.45) is 0 Å². The smallest absolute Gasteiger partial charge is 0.262 e. The lowest BCUT2D eigenvalue weighted by atomic mass is 9.96. The van der Waals surface area contributed by atoms with Gasteiger partial charge in [-0.05, 0) is 74.4 Å². The normalized spacial score (nSPS) is 12.9. The van der Waals surface area contributed by atoms with E-state index in [4.69, 9.17) is 13.6 Å². The molecule has 0 saturated carbocycles. The number of carbonyl (C=O) groups excluding carboxylic acids is 1. The predicted octanol–water partition coefficient (Wildman–Crippen LogP) is 5.50. The Kier molecular flexibility index (Phi) is 5.72. The Balaban J connectivity index is 1.46. The molecule has 5 rings (SSSR count). The van der Waals surface area contributed by atoms with E-state index in [1.165, 1.54) is 17.6 Å². The molecule has 1 aliphatic carbocycles. The number of nitrogens with one attached hydrogen (secondary N) is 1. The Bertz CT molecular complexity index is 1510. The van der Waals surface area contributed by atoms with Crippen molar-refractivity contribution in [3.63, 3.8) is 0 Å². The first-order chi connectivity index (χ1) is 16.5. The number of rotatable bonds is 5. The van der Waals surface area contributed by atoms with Crippen LogP contribution in [-0.2, 0) is 17.6 Å². The van der Waals surface area contributed by atoms with E-state index >= 15 is 0 Å². The SMILES string of the molecule is Cc1cc(C)c2oc(-c3ccco3)c(OCC(=O)Nc3sc4c(c3C#N)CCCC4)c(=O)c2c1. The van der Waals surface area contributed by atoms with E-state index in [0.717, 1.165) is 47.3 Å². The topological polar surface area (TPSA) is 105 Å². The fraction of sp³-hybridized carbons (Fsp3) is 0.269. The van der Waals surface area contributed by atoms with E-state index in [1.54, 1.807) is 18.2 Å². The van der Waals surface area contributed by atoms with Crippen LogP contribution in [0.1, 0.15) is 40.0 Å². The van der Waals surface area contributed by atoms with E-state index in [2.05, 4.69) is 11.4 Å². The van der Waals surface area contributed by atoms with E-state index in [0.29, 0.717) is 27.3 Å². The molecule has 1 aromatic carbocycles. The van der Waals surface area contributed by atoms with E-state index in [1.807, 2.05) is 19.9 Å². The molecule has 3 heterocycles. The number of hydrogen-bond acceptors (Lipinski definition) is 7. The van der Waals surface area contributed by atoms with Gasteiger partial charge in [-0.25, -0.2) is 0 Å². The monoisotopic (exact) mass is 474 g/mol. The molecule has 7 nitrogen and oxygen atoms in total. The average molecular weight is 475 g/mol. The number of benzene rings is 1. The number of ether oxygens (including phenoxy) is 1. The van der Waals surface area contributed by atoms with Crippen LogP contribution in [0.25, 0.3) is 22.5 Å². The molecule has 8 heteroatoms. The third-order valence-electron chi connectivity index (χ3n) is 5.91. The van der Waals surface area contributed by atoms with Crippen LogP contribution in [0.15, 0.2) is 44.2 Å². The van der Waals surface area contributed by atoms with Crippen LogP contribution >= 0.6 is 11.3 Å². The minimum absolute atomic E-state index is 0.0893. The van der Waals surface area contributed by atoms with Crippen molar-refractivity contribution in [3.05, 3.63) is 67.9 Å². The fourth-order valence-corrected chi connectivity index (χ4v) is 5.66. The molecule has 1 aliphatic rings. The summed E-state index contributed by atoms with van der Waals surface area (Å²) >= 11 is 1.44. The summed E-state index contributed by atoms with van der Waals surface area (Å²) in [6, 6.07) is 9.24. The molecule has 1 amide bonds. The molecule has 0 bridgehead atoms. The molecule has 3 aromatic heterocycles. The van der Waals surface area contributed by atoms with Crippen molar-refractivity contribution in [1.82, 2.24) is 0 Å². The van der Waals surface area contributed by atoms with Gasteiger partial charge in [-0.2, -0.15) is 5.26 Å². The van der Waals surface area contributed by atoms with Crippen LogP contribution in [-0.4, -0.2) is 12.5 Å². The van der Waals surface area contributed by atoms with Gasteiger partial charge >= 0.3 is 0 Å². The maximum absolute atomic E-state index is 13.4. The van der Waals surface area contributed by atoms with E-state index in [-0.39, 0.29) is 16.9 Å². The molecule has 0 spiro atoms. The number of furan rings is 1. The van der Waals surface area contributed by atoms with Crippen molar-refractivity contribution in [2.75, 3.05) is 11.9 Å². The highest BCUT2D eigenvalue weighted by Crippen LogP contribution is 2.38. The number of anilines is 1. The molecule has 0 aliphatic heterocycles. The molecular formula is C26H22N2O5S. The number of fused-ring (bicyclic) bond motifs is 2.